The molecule has 0 fully saturated rings. The third kappa shape index (κ3) is 5.08. The van der Waals surface area contributed by atoms with Gasteiger partial charge in [0.15, 0.2) is 0 Å². The number of benzene rings is 12. The topological polar surface area (TPSA) is 12.5 Å². The minimum atomic E-state index is -0.560. The monoisotopic (exact) mass is 919 g/mol. The van der Waals surface area contributed by atoms with Crippen LogP contribution in [-0.4, -0.2) is 0 Å². The largest absolute Gasteiger partial charge is 0.457 e. The molecule has 3 heteroatoms. The molecule has 0 amide bonds. The number of hydrogen-bond donors (Lipinski definition) is 0. The summed E-state index contributed by atoms with van der Waals surface area (Å²) in [6, 6.07) is 93.0. The maximum absolute atomic E-state index is 6.71. The summed E-state index contributed by atoms with van der Waals surface area (Å²) in [4.78, 5) is 5.12. The molecule has 2 heterocycles. The zero-order valence-corrected chi connectivity index (χ0v) is 39.3. The molecule has 0 saturated heterocycles. The predicted octanol–water partition coefficient (Wildman–Crippen LogP) is 17.9. The molecule has 0 bridgehead atoms. The maximum atomic E-state index is 6.71. The number of para-hydroxylation sites is 2. The van der Waals surface area contributed by atoms with Crippen LogP contribution in [0.2, 0.25) is 0 Å². The normalized spacial score (nSPS) is 14.5. The van der Waals surface area contributed by atoms with Crippen molar-refractivity contribution in [3.8, 4) is 33.8 Å². The second kappa shape index (κ2) is 14.5. The third-order valence-corrected chi connectivity index (χ3v) is 17.3. The van der Waals surface area contributed by atoms with E-state index in [0.717, 1.165) is 39.7 Å². The molecule has 71 heavy (non-hydrogen) atoms. The van der Waals surface area contributed by atoms with E-state index in [2.05, 4.69) is 254 Å². The van der Waals surface area contributed by atoms with Crippen LogP contribution in [0, 0.1) is 0 Å². The molecule has 2 spiro atoms. The van der Waals surface area contributed by atoms with E-state index in [0.29, 0.717) is 0 Å². The molecule has 330 valence electrons. The third-order valence-electron chi connectivity index (χ3n) is 16.2. The average Bonchev–Trinajstić information content (AvgIpc) is 3.88. The van der Waals surface area contributed by atoms with Crippen molar-refractivity contribution in [2.75, 3.05) is 4.90 Å². The highest BCUT2D eigenvalue weighted by Crippen LogP contribution is 2.65. The molecule has 0 radical (unpaired) electrons. The lowest BCUT2D eigenvalue weighted by atomic mass is 9.66. The molecule has 12 aromatic rings. The summed E-state index contributed by atoms with van der Waals surface area (Å²) >= 11 is 1.89. The lowest BCUT2D eigenvalue weighted by molar-refractivity contribution is 0.436. The lowest BCUT2D eigenvalue weighted by Crippen LogP contribution is -2.32. The molecular formula is C68H41NOS. The van der Waals surface area contributed by atoms with Gasteiger partial charge < -0.3 is 9.64 Å². The first-order valence-corrected chi connectivity index (χ1v) is 25.4. The molecule has 0 unspecified atom stereocenters. The van der Waals surface area contributed by atoms with E-state index in [9.17, 15) is 0 Å². The van der Waals surface area contributed by atoms with Crippen LogP contribution in [0.15, 0.2) is 259 Å². The number of anilines is 3. The fraction of sp³-hybridized carbons (Fsp3) is 0.0294. The maximum Gasteiger partial charge on any atom is 0.132 e. The Labute approximate surface area is 416 Å². The highest BCUT2D eigenvalue weighted by molar-refractivity contribution is 7.99. The SMILES string of the molecule is c1ccc2c(c1)Oc1ccccc1C21c2ccccc2-c2cc(N(c3ccc4c(c3)C3(c5ccccc5Sc5ccccc53)c3ccccc3-4)c3ccc4c5ccccc5c5ccccc5c4c3)ccc21. The van der Waals surface area contributed by atoms with E-state index in [1.54, 1.807) is 0 Å². The second-order valence-corrected chi connectivity index (χ2v) is 20.5. The fourth-order valence-electron chi connectivity index (χ4n) is 13.4. The van der Waals surface area contributed by atoms with Gasteiger partial charge in [-0.2, -0.15) is 0 Å². The van der Waals surface area contributed by atoms with Gasteiger partial charge in [-0.05, 0) is 149 Å². The van der Waals surface area contributed by atoms with Crippen LogP contribution in [-0.2, 0) is 10.8 Å². The molecule has 0 atom stereocenters. The van der Waals surface area contributed by atoms with Crippen molar-refractivity contribution in [1.82, 2.24) is 0 Å². The van der Waals surface area contributed by atoms with Gasteiger partial charge in [-0.3, -0.25) is 0 Å². The number of rotatable bonds is 3. The molecule has 16 rings (SSSR count). The van der Waals surface area contributed by atoms with Gasteiger partial charge in [0.2, 0.25) is 0 Å². The molecular weight excluding hydrogens is 879 g/mol. The van der Waals surface area contributed by atoms with Gasteiger partial charge in [0.05, 0.1) is 10.8 Å². The van der Waals surface area contributed by atoms with Crippen molar-refractivity contribution in [2.24, 2.45) is 0 Å². The van der Waals surface area contributed by atoms with Gasteiger partial charge >= 0.3 is 0 Å². The zero-order chi connectivity index (χ0) is 46.4. The smallest absolute Gasteiger partial charge is 0.132 e. The number of fused-ring (bicyclic) bond motifs is 24. The van der Waals surface area contributed by atoms with E-state index in [1.807, 2.05) is 11.8 Å². The Bertz CT molecular complexity index is 4150. The van der Waals surface area contributed by atoms with E-state index >= 15 is 0 Å². The van der Waals surface area contributed by atoms with Gasteiger partial charge in [0, 0.05) is 38.0 Å². The van der Waals surface area contributed by atoms with E-state index < -0.39 is 10.8 Å². The van der Waals surface area contributed by atoms with Gasteiger partial charge in [-0.1, -0.05) is 200 Å². The summed E-state index contributed by atoms with van der Waals surface area (Å²) in [5.41, 5.74) is 17.4. The summed E-state index contributed by atoms with van der Waals surface area (Å²) < 4.78 is 6.71. The first-order valence-electron chi connectivity index (χ1n) is 24.6. The highest BCUT2D eigenvalue weighted by Gasteiger charge is 2.52. The van der Waals surface area contributed by atoms with Crippen LogP contribution in [0.25, 0.3) is 54.6 Å². The quantitative estimate of drug-likeness (QED) is 0.164. The Kier molecular flexibility index (Phi) is 7.99. The molecule has 0 N–H and O–H groups in total. The van der Waals surface area contributed by atoms with Gasteiger partial charge in [0.1, 0.15) is 11.5 Å². The molecule has 2 aliphatic heterocycles. The Hall–Kier alpha value is -8.63. The van der Waals surface area contributed by atoms with Gasteiger partial charge in [-0.25, -0.2) is 0 Å². The van der Waals surface area contributed by atoms with Crippen molar-refractivity contribution in [3.63, 3.8) is 0 Å². The zero-order valence-electron chi connectivity index (χ0n) is 38.4. The molecule has 12 aromatic carbocycles. The van der Waals surface area contributed by atoms with Gasteiger partial charge in [-0.15, -0.1) is 0 Å². The van der Waals surface area contributed by atoms with E-state index in [1.165, 1.54) is 97.7 Å². The highest BCUT2D eigenvalue weighted by atomic mass is 32.2. The lowest BCUT2D eigenvalue weighted by Gasteiger charge is -2.40. The fourth-order valence-corrected chi connectivity index (χ4v) is 14.6. The van der Waals surface area contributed by atoms with Gasteiger partial charge in [0.25, 0.3) is 0 Å². The van der Waals surface area contributed by atoms with E-state index in [-0.39, 0.29) is 0 Å². The molecule has 2 nitrogen and oxygen atoms in total. The Balaban J connectivity index is 0.991. The van der Waals surface area contributed by atoms with Crippen molar-refractivity contribution in [3.05, 3.63) is 293 Å². The van der Waals surface area contributed by atoms with Crippen LogP contribution >= 0.6 is 11.8 Å². The summed E-state index contributed by atoms with van der Waals surface area (Å²) in [6.45, 7) is 0. The number of nitrogens with zero attached hydrogens (tertiary/aromatic N) is 1. The molecule has 2 aliphatic carbocycles. The number of hydrogen-bond acceptors (Lipinski definition) is 3. The van der Waals surface area contributed by atoms with Crippen molar-refractivity contribution in [1.29, 1.82) is 0 Å². The van der Waals surface area contributed by atoms with Crippen molar-refractivity contribution >= 4 is 61.1 Å². The molecule has 0 saturated carbocycles. The Morgan fingerprint density at radius 3 is 1.28 bits per heavy atom. The Morgan fingerprint density at radius 1 is 0.268 bits per heavy atom. The summed E-state index contributed by atoms with van der Waals surface area (Å²) in [5.74, 6) is 1.79. The van der Waals surface area contributed by atoms with Crippen LogP contribution in [0.1, 0.15) is 44.5 Å². The standard InChI is InChI=1S/C68H41NOS/c1-2-19-47-45(17-1)46-18-3-4-20-48(46)53-39-42(33-36-49(47)53)69(43-35-38-57-54(40-43)51-22-6-8-24-56(51)67(57)58-25-9-13-29-63(58)70-64-30-14-10-26-59(64)67)44-34-37-52-50-21-5-7-23-55(50)68(62(52)41-44)60-27-11-15-31-65(60)71-66-32-16-12-28-61(66)68/h1-41H. The molecule has 0 aromatic heterocycles. The van der Waals surface area contributed by atoms with Crippen molar-refractivity contribution in [2.45, 2.75) is 20.6 Å². The summed E-state index contributed by atoms with van der Waals surface area (Å²) in [5, 5.41) is 7.54. The average molecular weight is 920 g/mol. The Morgan fingerprint density at radius 2 is 0.662 bits per heavy atom. The van der Waals surface area contributed by atoms with Crippen LogP contribution in [0.3, 0.4) is 0 Å². The minimum Gasteiger partial charge on any atom is -0.457 e. The second-order valence-electron chi connectivity index (χ2n) is 19.4. The van der Waals surface area contributed by atoms with Crippen molar-refractivity contribution < 1.29 is 4.74 Å². The summed E-state index contributed by atoms with van der Waals surface area (Å²) in [7, 11) is 0. The number of ether oxygens (including phenoxy) is 1. The minimum absolute atomic E-state index is 0.516. The first kappa shape index (κ1) is 39.2. The molecule has 4 aliphatic rings. The van der Waals surface area contributed by atoms with Crippen LogP contribution < -0.4 is 9.64 Å². The first-order chi connectivity index (χ1) is 35.2. The van der Waals surface area contributed by atoms with Crippen LogP contribution in [0.5, 0.6) is 11.5 Å². The predicted molar refractivity (Wildman–Crippen MR) is 292 cm³/mol. The summed E-state index contributed by atoms with van der Waals surface area (Å²) in [6.07, 6.45) is 0. The van der Waals surface area contributed by atoms with E-state index in [4.69, 9.17) is 4.74 Å². The van der Waals surface area contributed by atoms with Crippen LogP contribution in [0.4, 0.5) is 17.1 Å².